The van der Waals surface area contributed by atoms with Crippen molar-refractivity contribution in [3.63, 3.8) is 0 Å². The molecule has 0 radical (unpaired) electrons. The van der Waals surface area contributed by atoms with Crippen molar-refractivity contribution in [3.05, 3.63) is 78.3 Å². The van der Waals surface area contributed by atoms with Crippen LogP contribution in [0, 0.1) is 0 Å². The fourth-order valence-electron chi connectivity index (χ4n) is 3.35. The molecule has 1 atom stereocenters. The van der Waals surface area contributed by atoms with Crippen LogP contribution in [0.1, 0.15) is 24.8 Å². The SMILES string of the molecule is C[C@@]1(CCc2ccccc2)NC(=O)N(Cc2ncc(-c3ccccc3)o2)C1=O. The molecule has 0 spiro atoms. The zero-order chi connectivity index (χ0) is 19.6. The van der Waals surface area contributed by atoms with Gasteiger partial charge in [0.2, 0.25) is 5.89 Å². The summed E-state index contributed by atoms with van der Waals surface area (Å²) in [6.07, 6.45) is 2.84. The van der Waals surface area contributed by atoms with E-state index in [0.29, 0.717) is 24.5 Å². The molecule has 2 heterocycles. The Morgan fingerprint density at radius 2 is 1.71 bits per heavy atom. The smallest absolute Gasteiger partial charge is 0.325 e. The van der Waals surface area contributed by atoms with E-state index in [4.69, 9.17) is 4.42 Å². The van der Waals surface area contributed by atoms with Crippen molar-refractivity contribution in [1.82, 2.24) is 15.2 Å². The molecule has 0 unspecified atom stereocenters. The summed E-state index contributed by atoms with van der Waals surface area (Å²) >= 11 is 0. The van der Waals surface area contributed by atoms with Crippen molar-refractivity contribution in [2.24, 2.45) is 0 Å². The third kappa shape index (κ3) is 3.53. The molecule has 1 aliphatic heterocycles. The molecule has 4 rings (SSSR count). The molecule has 0 saturated carbocycles. The van der Waals surface area contributed by atoms with Gasteiger partial charge >= 0.3 is 6.03 Å². The zero-order valence-electron chi connectivity index (χ0n) is 15.6. The number of oxazole rings is 1. The topological polar surface area (TPSA) is 75.4 Å². The number of benzene rings is 2. The number of hydrogen-bond acceptors (Lipinski definition) is 4. The molecule has 1 N–H and O–H groups in total. The Morgan fingerprint density at radius 3 is 2.43 bits per heavy atom. The first-order valence-corrected chi connectivity index (χ1v) is 9.23. The second-order valence-electron chi connectivity index (χ2n) is 7.12. The van der Waals surface area contributed by atoms with E-state index in [2.05, 4.69) is 10.3 Å². The van der Waals surface area contributed by atoms with Crippen molar-refractivity contribution in [3.8, 4) is 11.3 Å². The van der Waals surface area contributed by atoms with E-state index in [1.54, 1.807) is 13.1 Å². The Hall–Kier alpha value is -3.41. The van der Waals surface area contributed by atoms with Gasteiger partial charge in [-0.05, 0) is 25.3 Å². The molecule has 1 aromatic heterocycles. The van der Waals surface area contributed by atoms with Crippen molar-refractivity contribution in [2.75, 3.05) is 0 Å². The van der Waals surface area contributed by atoms with E-state index in [0.717, 1.165) is 11.1 Å². The van der Waals surface area contributed by atoms with E-state index in [1.165, 1.54) is 4.90 Å². The molecule has 0 bridgehead atoms. The number of nitrogens with one attached hydrogen (secondary N) is 1. The Balaban J connectivity index is 1.45. The minimum Gasteiger partial charge on any atom is -0.439 e. The maximum absolute atomic E-state index is 12.9. The van der Waals surface area contributed by atoms with Crippen LogP contribution in [0.15, 0.2) is 71.3 Å². The monoisotopic (exact) mass is 375 g/mol. The van der Waals surface area contributed by atoms with E-state index in [1.807, 2.05) is 60.7 Å². The highest BCUT2D eigenvalue weighted by Crippen LogP contribution is 2.26. The average Bonchev–Trinajstić information content (AvgIpc) is 3.27. The summed E-state index contributed by atoms with van der Waals surface area (Å²) in [5, 5.41) is 2.83. The minimum absolute atomic E-state index is 0.0123. The van der Waals surface area contributed by atoms with Crippen LogP contribution in [-0.2, 0) is 17.8 Å². The number of imide groups is 1. The molecule has 1 fully saturated rings. The van der Waals surface area contributed by atoms with Crippen LogP contribution in [0.4, 0.5) is 4.79 Å². The molecule has 2 aromatic carbocycles. The van der Waals surface area contributed by atoms with E-state index < -0.39 is 11.6 Å². The van der Waals surface area contributed by atoms with E-state index >= 15 is 0 Å². The summed E-state index contributed by atoms with van der Waals surface area (Å²) in [5.74, 6) is 0.678. The van der Waals surface area contributed by atoms with Crippen LogP contribution in [0.5, 0.6) is 0 Å². The lowest BCUT2D eigenvalue weighted by Gasteiger charge is -2.21. The second kappa shape index (κ2) is 7.31. The van der Waals surface area contributed by atoms with E-state index in [-0.39, 0.29) is 12.5 Å². The number of hydrogen-bond donors (Lipinski definition) is 1. The van der Waals surface area contributed by atoms with Crippen molar-refractivity contribution >= 4 is 11.9 Å². The molecule has 1 saturated heterocycles. The second-order valence-corrected chi connectivity index (χ2v) is 7.12. The van der Waals surface area contributed by atoms with Crippen molar-refractivity contribution in [1.29, 1.82) is 0 Å². The number of rotatable bonds is 6. The van der Waals surface area contributed by atoms with Gasteiger partial charge in [0.05, 0.1) is 6.20 Å². The lowest BCUT2D eigenvalue weighted by molar-refractivity contribution is -0.131. The predicted molar refractivity (Wildman–Crippen MR) is 104 cm³/mol. The summed E-state index contributed by atoms with van der Waals surface area (Å²) in [4.78, 5) is 30.7. The highest BCUT2D eigenvalue weighted by Gasteiger charge is 2.47. The Kier molecular flexibility index (Phi) is 4.69. The number of amides is 3. The molecular formula is C22H21N3O3. The van der Waals surface area contributed by atoms with Crippen LogP contribution in [-0.4, -0.2) is 27.4 Å². The summed E-state index contributed by atoms with van der Waals surface area (Å²) in [6.45, 7) is 1.78. The largest absolute Gasteiger partial charge is 0.439 e. The quantitative estimate of drug-likeness (QED) is 0.665. The molecule has 1 aliphatic rings. The molecule has 142 valence electrons. The van der Waals surface area contributed by atoms with Gasteiger partial charge in [-0.3, -0.25) is 9.69 Å². The van der Waals surface area contributed by atoms with Crippen LogP contribution in [0.25, 0.3) is 11.3 Å². The summed E-state index contributed by atoms with van der Waals surface area (Å²) < 4.78 is 5.74. The number of carbonyl (C=O) groups is 2. The number of aromatic nitrogens is 1. The zero-order valence-corrected chi connectivity index (χ0v) is 15.6. The fourth-order valence-corrected chi connectivity index (χ4v) is 3.35. The maximum Gasteiger partial charge on any atom is 0.325 e. The Morgan fingerprint density at radius 1 is 1.04 bits per heavy atom. The summed E-state index contributed by atoms with van der Waals surface area (Å²) in [5.41, 5.74) is 1.09. The first kappa shape index (κ1) is 18.0. The summed E-state index contributed by atoms with van der Waals surface area (Å²) in [7, 11) is 0. The fraction of sp³-hybridized carbons (Fsp3) is 0.227. The van der Waals surface area contributed by atoms with Crippen molar-refractivity contribution < 1.29 is 14.0 Å². The van der Waals surface area contributed by atoms with Gasteiger partial charge in [0.25, 0.3) is 5.91 Å². The Labute approximate surface area is 163 Å². The Bertz CT molecular complexity index is 985. The molecule has 3 aromatic rings. The van der Waals surface area contributed by atoms with Crippen LogP contribution in [0.2, 0.25) is 0 Å². The molecule has 0 aliphatic carbocycles. The number of nitrogens with zero attached hydrogens (tertiary/aromatic N) is 2. The number of urea groups is 1. The van der Waals surface area contributed by atoms with Crippen LogP contribution < -0.4 is 5.32 Å². The van der Waals surface area contributed by atoms with Gasteiger partial charge in [-0.1, -0.05) is 60.7 Å². The normalized spacial score (nSPS) is 19.1. The summed E-state index contributed by atoms with van der Waals surface area (Å²) in [6, 6.07) is 19.1. The predicted octanol–water partition coefficient (Wildman–Crippen LogP) is 3.78. The van der Waals surface area contributed by atoms with Crippen LogP contribution >= 0.6 is 0 Å². The molecule has 6 heteroatoms. The third-order valence-electron chi connectivity index (χ3n) is 5.01. The molecule has 28 heavy (non-hydrogen) atoms. The molecular weight excluding hydrogens is 354 g/mol. The van der Waals surface area contributed by atoms with Gasteiger partial charge in [0.15, 0.2) is 5.76 Å². The standard InChI is InChI=1S/C22H21N3O3/c1-22(13-12-16-8-4-2-5-9-16)20(26)25(21(27)24-22)15-19-23-14-18(28-19)17-10-6-3-7-11-17/h2-11,14H,12-13,15H2,1H3,(H,24,27)/t22-/m0/s1. The van der Waals surface area contributed by atoms with Gasteiger partial charge in [0.1, 0.15) is 12.1 Å². The highest BCUT2D eigenvalue weighted by atomic mass is 16.4. The first-order valence-electron chi connectivity index (χ1n) is 9.23. The average molecular weight is 375 g/mol. The van der Waals surface area contributed by atoms with E-state index in [9.17, 15) is 9.59 Å². The van der Waals surface area contributed by atoms with Crippen molar-refractivity contribution in [2.45, 2.75) is 31.8 Å². The van der Waals surface area contributed by atoms with Gasteiger partial charge in [-0.25, -0.2) is 9.78 Å². The van der Waals surface area contributed by atoms with Crippen LogP contribution in [0.3, 0.4) is 0 Å². The van der Waals surface area contributed by atoms with Gasteiger partial charge < -0.3 is 9.73 Å². The first-order chi connectivity index (χ1) is 13.5. The minimum atomic E-state index is -0.929. The highest BCUT2D eigenvalue weighted by molar-refractivity contribution is 6.06. The number of aryl methyl sites for hydroxylation is 1. The van der Waals surface area contributed by atoms with Gasteiger partial charge in [-0.15, -0.1) is 0 Å². The van der Waals surface area contributed by atoms with Gasteiger partial charge in [0, 0.05) is 5.56 Å². The third-order valence-corrected chi connectivity index (χ3v) is 5.01. The lowest BCUT2D eigenvalue weighted by atomic mass is 9.93. The maximum atomic E-state index is 12.9. The van der Waals surface area contributed by atoms with Gasteiger partial charge in [-0.2, -0.15) is 0 Å². The molecule has 3 amide bonds. The molecule has 6 nitrogen and oxygen atoms in total. The lowest BCUT2D eigenvalue weighted by Crippen LogP contribution is -2.44. The number of carbonyl (C=O) groups excluding carboxylic acids is 2.